The molecule has 0 spiro atoms. The first kappa shape index (κ1) is 24.0. The quantitative estimate of drug-likeness (QED) is 0.182. The molecule has 0 aliphatic carbocycles. The van der Waals surface area contributed by atoms with Crippen LogP contribution in [0.5, 0.6) is 5.75 Å². The molecular weight excluding hydrogens is 460 g/mol. The number of aromatic hydroxyl groups is 1. The Bertz CT molecular complexity index is 1310. The topological polar surface area (TPSA) is 104 Å². The number of rotatable bonds is 9. The molecule has 3 aromatic carbocycles. The van der Waals surface area contributed by atoms with Crippen molar-refractivity contribution in [2.75, 3.05) is 5.32 Å². The van der Waals surface area contributed by atoms with Gasteiger partial charge < -0.3 is 10.4 Å². The molecule has 4 aromatic rings. The molecule has 4 rings (SSSR count). The Balaban J connectivity index is 1.47. The maximum absolute atomic E-state index is 12.6. The molecule has 1 heterocycles. The van der Waals surface area contributed by atoms with Gasteiger partial charge in [-0.2, -0.15) is 5.10 Å². The van der Waals surface area contributed by atoms with Crippen LogP contribution in [0, 0.1) is 6.92 Å². The monoisotopic (exact) mass is 486 g/mol. The Morgan fingerprint density at radius 1 is 1.06 bits per heavy atom. The SMILES string of the molecule is Cc1ccc(NCc2nnc(S[C@H](C)C(=O)N/N=C\c3ccccc3O)n2-c2ccccc2)cc1. The Kier molecular flexibility index (Phi) is 7.79. The van der Waals surface area contributed by atoms with Crippen molar-refractivity contribution in [2.45, 2.75) is 30.8 Å². The number of anilines is 1. The van der Waals surface area contributed by atoms with Gasteiger partial charge in [-0.25, -0.2) is 5.43 Å². The van der Waals surface area contributed by atoms with Crippen LogP contribution in [-0.4, -0.2) is 37.2 Å². The minimum Gasteiger partial charge on any atom is -0.507 e. The highest BCUT2D eigenvalue weighted by atomic mass is 32.2. The first-order valence-electron chi connectivity index (χ1n) is 11.1. The number of phenolic OH excluding ortho intramolecular Hbond substituents is 1. The van der Waals surface area contributed by atoms with Gasteiger partial charge in [-0.15, -0.1) is 10.2 Å². The Morgan fingerprint density at radius 2 is 1.77 bits per heavy atom. The third-order valence-electron chi connectivity index (χ3n) is 5.18. The zero-order valence-electron chi connectivity index (χ0n) is 19.4. The molecule has 8 nitrogen and oxygen atoms in total. The average Bonchev–Trinajstić information content (AvgIpc) is 3.27. The van der Waals surface area contributed by atoms with Gasteiger partial charge in [0.25, 0.3) is 5.91 Å². The van der Waals surface area contributed by atoms with Crippen molar-refractivity contribution < 1.29 is 9.90 Å². The molecule has 0 unspecified atom stereocenters. The Morgan fingerprint density at radius 3 is 2.51 bits per heavy atom. The van der Waals surface area contributed by atoms with Crippen LogP contribution in [0.4, 0.5) is 5.69 Å². The average molecular weight is 487 g/mol. The lowest BCUT2D eigenvalue weighted by Crippen LogP contribution is -2.27. The number of nitrogens with zero attached hydrogens (tertiary/aromatic N) is 4. The summed E-state index contributed by atoms with van der Waals surface area (Å²) in [5, 5.41) is 26.0. The molecule has 0 bridgehead atoms. The van der Waals surface area contributed by atoms with Crippen LogP contribution in [0.3, 0.4) is 0 Å². The first-order chi connectivity index (χ1) is 17.0. The van der Waals surface area contributed by atoms with Gasteiger partial charge in [0.05, 0.1) is 18.0 Å². The maximum atomic E-state index is 12.6. The molecule has 0 saturated heterocycles. The number of benzene rings is 3. The zero-order valence-corrected chi connectivity index (χ0v) is 20.2. The summed E-state index contributed by atoms with van der Waals surface area (Å²) >= 11 is 1.29. The lowest BCUT2D eigenvalue weighted by Gasteiger charge is -2.13. The second kappa shape index (κ2) is 11.3. The second-order valence-corrected chi connectivity index (χ2v) is 9.15. The predicted molar refractivity (Wildman–Crippen MR) is 139 cm³/mol. The number of carbonyl (C=O) groups excluding carboxylic acids is 1. The molecule has 1 amide bonds. The molecule has 0 aliphatic rings. The number of aromatic nitrogens is 3. The molecule has 1 aromatic heterocycles. The van der Waals surface area contributed by atoms with E-state index in [9.17, 15) is 9.90 Å². The van der Waals surface area contributed by atoms with E-state index in [0.29, 0.717) is 17.3 Å². The molecule has 0 aliphatic heterocycles. The summed E-state index contributed by atoms with van der Waals surface area (Å²) in [5.41, 5.74) is 6.13. The Hall–Kier alpha value is -4.11. The van der Waals surface area contributed by atoms with Crippen molar-refractivity contribution in [3.63, 3.8) is 0 Å². The number of para-hydroxylation sites is 2. The number of hydrogen-bond donors (Lipinski definition) is 3. The van der Waals surface area contributed by atoms with Gasteiger partial charge in [0.2, 0.25) is 0 Å². The van der Waals surface area contributed by atoms with Crippen LogP contribution < -0.4 is 10.7 Å². The molecule has 35 heavy (non-hydrogen) atoms. The van der Waals surface area contributed by atoms with Crippen LogP contribution in [0.25, 0.3) is 5.69 Å². The lowest BCUT2D eigenvalue weighted by molar-refractivity contribution is -0.120. The van der Waals surface area contributed by atoms with E-state index in [-0.39, 0.29) is 11.7 Å². The third-order valence-corrected chi connectivity index (χ3v) is 6.23. The number of carbonyl (C=O) groups is 1. The van der Waals surface area contributed by atoms with Crippen LogP contribution in [-0.2, 0) is 11.3 Å². The fourth-order valence-corrected chi connectivity index (χ4v) is 4.12. The molecule has 0 fully saturated rings. The molecule has 3 N–H and O–H groups in total. The predicted octanol–water partition coefficient (Wildman–Crippen LogP) is 4.52. The highest BCUT2D eigenvalue weighted by molar-refractivity contribution is 8.00. The van der Waals surface area contributed by atoms with E-state index in [1.165, 1.54) is 23.5 Å². The van der Waals surface area contributed by atoms with E-state index in [2.05, 4.69) is 26.0 Å². The van der Waals surface area contributed by atoms with Gasteiger partial charge in [0.15, 0.2) is 11.0 Å². The lowest BCUT2D eigenvalue weighted by atomic mass is 10.2. The van der Waals surface area contributed by atoms with Crippen molar-refractivity contribution in [2.24, 2.45) is 5.10 Å². The minimum atomic E-state index is -0.485. The summed E-state index contributed by atoms with van der Waals surface area (Å²) in [7, 11) is 0. The van der Waals surface area contributed by atoms with Gasteiger partial charge >= 0.3 is 0 Å². The molecular formula is C26H26N6O2S. The fraction of sp³-hybridized carbons (Fsp3) is 0.154. The summed E-state index contributed by atoms with van der Waals surface area (Å²) in [6, 6.07) is 24.7. The molecule has 9 heteroatoms. The van der Waals surface area contributed by atoms with Crippen molar-refractivity contribution in [1.29, 1.82) is 0 Å². The van der Waals surface area contributed by atoms with Crippen molar-refractivity contribution in [3.8, 4) is 11.4 Å². The highest BCUT2D eigenvalue weighted by Gasteiger charge is 2.21. The van der Waals surface area contributed by atoms with E-state index in [1.54, 1.807) is 31.2 Å². The fourth-order valence-electron chi connectivity index (χ4n) is 3.24. The van der Waals surface area contributed by atoms with Gasteiger partial charge in [-0.3, -0.25) is 9.36 Å². The third kappa shape index (κ3) is 6.27. The Labute approximate surface area is 208 Å². The van der Waals surface area contributed by atoms with Gasteiger partial charge in [0.1, 0.15) is 5.75 Å². The van der Waals surface area contributed by atoms with E-state index in [1.807, 2.05) is 66.1 Å². The van der Waals surface area contributed by atoms with Gasteiger partial charge in [0, 0.05) is 16.9 Å². The number of amides is 1. The zero-order chi connectivity index (χ0) is 24.6. The second-order valence-electron chi connectivity index (χ2n) is 7.84. The standard InChI is InChI=1S/C26H26N6O2S/c1-18-12-14-21(15-13-18)27-17-24-29-31-26(32(24)22-9-4-3-5-10-22)35-19(2)25(34)30-28-16-20-8-6-7-11-23(20)33/h3-16,19,27,33H,17H2,1-2H3,(H,30,34)/b28-16-/t19-/m1/s1. The molecule has 178 valence electrons. The number of hydrazone groups is 1. The van der Waals surface area contributed by atoms with E-state index >= 15 is 0 Å². The summed E-state index contributed by atoms with van der Waals surface area (Å²) < 4.78 is 1.95. The van der Waals surface area contributed by atoms with E-state index in [4.69, 9.17) is 0 Å². The normalized spacial score (nSPS) is 11.9. The summed E-state index contributed by atoms with van der Waals surface area (Å²) in [6.07, 6.45) is 1.41. The van der Waals surface area contributed by atoms with E-state index in [0.717, 1.165) is 17.2 Å². The number of thioether (sulfide) groups is 1. The molecule has 0 radical (unpaired) electrons. The number of aryl methyl sites for hydroxylation is 1. The molecule has 0 saturated carbocycles. The van der Waals surface area contributed by atoms with Crippen LogP contribution in [0.15, 0.2) is 89.1 Å². The van der Waals surface area contributed by atoms with Crippen LogP contribution in [0.2, 0.25) is 0 Å². The largest absolute Gasteiger partial charge is 0.507 e. The van der Waals surface area contributed by atoms with Crippen LogP contribution in [0.1, 0.15) is 23.9 Å². The molecule has 1 atom stereocenters. The van der Waals surface area contributed by atoms with Crippen molar-refractivity contribution in [3.05, 3.63) is 95.8 Å². The smallest absolute Gasteiger partial charge is 0.253 e. The highest BCUT2D eigenvalue weighted by Crippen LogP contribution is 2.26. The number of nitrogens with one attached hydrogen (secondary N) is 2. The first-order valence-corrected chi connectivity index (χ1v) is 12.0. The number of phenols is 1. The van der Waals surface area contributed by atoms with Crippen molar-refractivity contribution >= 4 is 29.6 Å². The van der Waals surface area contributed by atoms with Crippen molar-refractivity contribution in [1.82, 2.24) is 20.2 Å². The maximum Gasteiger partial charge on any atom is 0.253 e. The summed E-state index contributed by atoms with van der Waals surface area (Å²) in [4.78, 5) is 12.6. The van der Waals surface area contributed by atoms with Gasteiger partial charge in [-0.05, 0) is 50.2 Å². The van der Waals surface area contributed by atoms with Crippen LogP contribution >= 0.6 is 11.8 Å². The van der Waals surface area contributed by atoms with Gasteiger partial charge in [-0.1, -0.05) is 59.8 Å². The summed E-state index contributed by atoms with van der Waals surface area (Å²) in [6.45, 7) is 4.30. The van der Waals surface area contributed by atoms with E-state index < -0.39 is 5.25 Å². The number of hydrogen-bond acceptors (Lipinski definition) is 7. The summed E-state index contributed by atoms with van der Waals surface area (Å²) in [5.74, 6) is 0.531. The minimum absolute atomic E-state index is 0.0932.